The van der Waals surface area contributed by atoms with E-state index >= 15 is 0 Å². The molecule has 2 saturated heterocycles. The van der Waals surface area contributed by atoms with Gasteiger partial charge in [0.05, 0.1) is 24.7 Å². The SMILES string of the molecule is CCCC1(C(=O)N(C)C2COCC2C(=O)O)CCNC1. The van der Waals surface area contributed by atoms with E-state index in [-0.39, 0.29) is 24.0 Å². The molecule has 0 bridgehead atoms. The minimum absolute atomic E-state index is 0.0612. The summed E-state index contributed by atoms with van der Waals surface area (Å²) in [6.07, 6.45) is 2.62. The number of nitrogens with zero attached hydrogens (tertiary/aromatic N) is 1. The number of hydrogen-bond acceptors (Lipinski definition) is 4. The van der Waals surface area contributed by atoms with E-state index in [0.29, 0.717) is 13.2 Å². The molecular formula is C14H24N2O4. The topological polar surface area (TPSA) is 78.9 Å². The molecule has 20 heavy (non-hydrogen) atoms. The highest BCUT2D eigenvalue weighted by atomic mass is 16.5. The third kappa shape index (κ3) is 2.67. The van der Waals surface area contributed by atoms with Crippen LogP contribution in [0, 0.1) is 11.3 Å². The summed E-state index contributed by atoms with van der Waals surface area (Å²) in [6, 6.07) is -0.352. The third-order valence-electron chi connectivity index (χ3n) is 4.61. The fourth-order valence-corrected chi connectivity index (χ4v) is 3.41. The van der Waals surface area contributed by atoms with Gasteiger partial charge in [0.2, 0.25) is 5.91 Å². The van der Waals surface area contributed by atoms with E-state index in [1.165, 1.54) is 0 Å². The molecule has 2 aliphatic rings. The second kappa shape index (κ2) is 6.10. The quantitative estimate of drug-likeness (QED) is 0.760. The summed E-state index contributed by atoms with van der Waals surface area (Å²) in [6.45, 7) is 4.12. The van der Waals surface area contributed by atoms with Gasteiger partial charge in [-0.25, -0.2) is 0 Å². The van der Waals surface area contributed by atoms with Gasteiger partial charge >= 0.3 is 5.97 Å². The van der Waals surface area contributed by atoms with Crippen molar-refractivity contribution in [3.05, 3.63) is 0 Å². The predicted octanol–water partition coefficient (Wildman–Crippen LogP) is 0.324. The van der Waals surface area contributed by atoms with E-state index in [0.717, 1.165) is 25.8 Å². The number of ether oxygens (including phenoxy) is 1. The lowest BCUT2D eigenvalue weighted by Crippen LogP contribution is -2.51. The van der Waals surface area contributed by atoms with E-state index in [1.807, 2.05) is 0 Å². The monoisotopic (exact) mass is 284 g/mol. The molecule has 3 unspecified atom stereocenters. The molecule has 2 rings (SSSR count). The molecule has 2 fully saturated rings. The summed E-state index contributed by atoms with van der Waals surface area (Å²) >= 11 is 0. The molecule has 0 aliphatic carbocycles. The van der Waals surface area contributed by atoms with Crippen molar-refractivity contribution in [2.24, 2.45) is 11.3 Å². The molecule has 114 valence electrons. The minimum Gasteiger partial charge on any atom is -0.481 e. The molecular weight excluding hydrogens is 260 g/mol. The van der Waals surface area contributed by atoms with Crippen LogP contribution in [-0.2, 0) is 14.3 Å². The molecule has 6 heteroatoms. The lowest BCUT2D eigenvalue weighted by atomic mass is 9.80. The highest BCUT2D eigenvalue weighted by Crippen LogP contribution is 2.34. The van der Waals surface area contributed by atoms with E-state index in [1.54, 1.807) is 11.9 Å². The average Bonchev–Trinajstić information content (AvgIpc) is 3.06. The van der Waals surface area contributed by atoms with Crippen LogP contribution in [0.25, 0.3) is 0 Å². The fourth-order valence-electron chi connectivity index (χ4n) is 3.41. The number of likely N-dealkylation sites (N-methyl/N-ethyl adjacent to an activating group) is 1. The van der Waals surface area contributed by atoms with Gasteiger partial charge in [-0.05, 0) is 19.4 Å². The molecule has 0 saturated carbocycles. The number of carboxylic acids is 1. The van der Waals surface area contributed by atoms with Gasteiger partial charge in [0, 0.05) is 13.6 Å². The van der Waals surface area contributed by atoms with Gasteiger partial charge in [0.15, 0.2) is 0 Å². The first kappa shape index (κ1) is 15.3. The summed E-state index contributed by atoms with van der Waals surface area (Å²) in [5, 5.41) is 12.5. The van der Waals surface area contributed by atoms with Crippen molar-refractivity contribution in [3.63, 3.8) is 0 Å². The molecule has 3 atom stereocenters. The van der Waals surface area contributed by atoms with Gasteiger partial charge in [0.1, 0.15) is 5.92 Å². The van der Waals surface area contributed by atoms with Crippen LogP contribution in [0.4, 0.5) is 0 Å². The largest absolute Gasteiger partial charge is 0.481 e. The third-order valence-corrected chi connectivity index (χ3v) is 4.61. The Hall–Kier alpha value is -1.14. The number of aliphatic carboxylic acids is 1. The molecule has 0 aromatic heterocycles. The molecule has 0 spiro atoms. The Morgan fingerprint density at radius 3 is 2.75 bits per heavy atom. The van der Waals surface area contributed by atoms with Crippen molar-refractivity contribution < 1.29 is 19.4 Å². The lowest BCUT2D eigenvalue weighted by molar-refractivity contribution is -0.147. The highest BCUT2D eigenvalue weighted by Gasteiger charge is 2.46. The van der Waals surface area contributed by atoms with Gasteiger partial charge in [-0.3, -0.25) is 9.59 Å². The Morgan fingerprint density at radius 2 is 2.20 bits per heavy atom. The van der Waals surface area contributed by atoms with Crippen molar-refractivity contribution in [3.8, 4) is 0 Å². The number of hydrogen-bond donors (Lipinski definition) is 2. The first-order valence-electron chi connectivity index (χ1n) is 7.30. The number of carbonyl (C=O) groups is 2. The van der Waals surface area contributed by atoms with Crippen LogP contribution in [0.2, 0.25) is 0 Å². The Bertz CT molecular complexity index is 379. The van der Waals surface area contributed by atoms with Crippen molar-refractivity contribution in [1.82, 2.24) is 10.2 Å². The molecule has 2 heterocycles. The van der Waals surface area contributed by atoms with E-state index < -0.39 is 11.9 Å². The zero-order chi connectivity index (χ0) is 14.8. The lowest BCUT2D eigenvalue weighted by Gasteiger charge is -2.35. The van der Waals surface area contributed by atoms with Crippen molar-refractivity contribution in [1.29, 1.82) is 0 Å². The minimum atomic E-state index is -0.888. The molecule has 6 nitrogen and oxygen atoms in total. The maximum Gasteiger partial charge on any atom is 0.311 e. The Balaban J connectivity index is 2.12. The Labute approximate surface area is 119 Å². The fraction of sp³-hybridized carbons (Fsp3) is 0.857. The summed E-state index contributed by atoms with van der Waals surface area (Å²) in [4.78, 5) is 25.7. The van der Waals surface area contributed by atoms with Gasteiger partial charge in [-0.15, -0.1) is 0 Å². The van der Waals surface area contributed by atoms with Crippen molar-refractivity contribution in [2.45, 2.75) is 32.2 Å². The van der Waals surface area contributed by atoms with Crippen LogP contribution in [0.15, 0.2) is 0 Å². The summed E-state index contributed by atoms with van der Waals surface area (Å²) in [5.74, 6) is -1.44. The molecule has 2 N–H and O–H groups in total. The second-order valence-corrected chi connectivity index (χ2v) is 5.92. The standard InChI is InChI=1S/C14H24N2O4/c1-3-4-14(5-6-15-9-14)13(19)16(2)11-8-20-7-10(11)12(17)18/h10-11,15H,3-9H2,1-2H3,(H,17,18). The number of rotatable bonds is 5. The van der Waals surface area contributed by atoms with Crippen LogP contribution in [0.3, 0.4) is 0 Å². The normalized spacial score (nSPS) is 33.3. The van der Waals surface area contributed by atoms with Crippen LogP contribution >= 0.6 is 0 Å². The van der Waals surface area contributed by atoms with Crippen molar-refractivity contribution >= 4 is 11.9 Å². The Morgan fingerprint density at radius 1 is 1.45 bits per heavy atom. The average molecular weight is 284 g/mol. The molecule has 0 radical (unpaired) electrons. The summed E-state index contributed by atoms with van der Waals surface area (Å²) in [5.41, 5.74) is -0.366. The van der Waals surface area contributed by atoms with Gasteiger partial charge in [-0.1, -0.05) is 13.3 Å². The smallest absolute Gasteiger partial charge is 0.311 e. The van der Waals surface area contributed by atoms with E-state index in [9.17, 15) is 14.7 Å². The Kier molecular flexibility index (Phi) is 4.65. The first-order valence-corrected chi connectivity index (χ1v) is 7.30. The zero-order valence-electron chi connectivity index (χ0n) is 12.2. The van der Waals surface area contributed by atoms with Crippen LogP contribution in [0.5, 0.6) is 0 Å². The van der Waals surface area contributed by atoms with Crippen molar-refractivity contribution in [2.75, 3.05) is 33.4 Å². The van der Waals surface area contributed by atoms with Gasteiger partial charge in [-0.2, -0.15) is 0 Å². The highest BCUT2D eigenvalue weighted by molar-refractivity contribution is 5.84. The summed E-state index contributed by atoms with van der Waals surface area (Å²) in [7, 11) is 1.72. The number of carbonyl (C=O) groups excluding carboxylic acids is 1. The van der Waals surface area contributed by atoms with Crippen LogP contribution in [0.1, 0.15) is 26.2 Å². The number of nitrogens with one attached hydrogen (secondary N) is 1. The molecule has 0 aromatic carbocycles. The van der Waals surface area contributed by atoms with Crippen LogP contribution < -0.4 is 5.32 Å². The molecule has 0 aromatic rings. The number of carboxylic acid groups (broad SMARTS) is 1. The molecule has 2 aliphatic heterocycles. The van der Waals surface area contributed by atoms with E-state index in [4.69, 9.17) is 4.74 Å². The summed E-state index contributed by atoms with van der Waals surface area (Å²) < 4.78 is 5.27. The number of amides is 1. The molecule has 1 amide bonds. The van der Waals surface area contributed by atoms with Gasteiger partial charge in [0.25, 0.3) is 0 Å². The van der Waals surface area contributed by atoms with E-state index in [2.05, 4.69) is 12.2 Å². The maximum atomic E-state index is 12.8. The first-order chi connectivity index (χ1) is 9.52. The maximum absolute atomic E-state index is 12.8. The predicted molar refractivity (Wildman–Crippen MR) is 73.3 cm³/mol. The zero-order valence-corrected chi connectivity index (χ0v) is 12.2. The van der Waals surface area contributed by atoms with Gasteiger partial charge < -0.3 is 20.1 Å². The second-order valence-electron chi connectivity index (χ2n) is 5.92. The van der Waals surface area contributed by atoms with Crippen LogP contribution in [-0.4, -0.2) is 61.3 Å².